The van der Waals surface area contributed by atoms with Gasteiger partial charge >= 0.3 is 0 Å². The molecule has 0 aliphatic heterocycles. The number of nitrogens with zero attached hydrogens (tertiary/aromatic N) is 1. The zero-order valence-corrected chi connectivity index (χ0v) is 15.0. The van der Waals surface area contributed by atoms with Crippen molar-refractivity contribution in [3.63, 3.8) is 0 Å². The fourth-order valence-corrected chi connectivity index (χ4v) is 11.5. The van der Waals surface area contributed by atoms with Crippen LogP contribution in [0.3, 0.4) is 0 Å². The molecule has 0 heterocycles. The van der Waals surface area contributed by atoms with Crippen LogP contribution in [0.5, 0.6) is 0 Å². The van der Waals surface area contributed by atoms with Crippen molar-refractivity contribution in [2.45, 2.75) is 70.7 Å². The van der Waals surface area contributed by atoms with Crippen LogP contribution in [0.4, 0.5) is 0 Å². The van der Waals surface area contributed by atoms with Crippen LogP contribution in [0, 0.1) is 0 Å². The van der Waals surface area contributed by atoms with Crippen molar-refractivity contribution in [1.29, 1.82) is 0 Å². The fourth-order valence-electron chi connectivity index (χ4n) is 3.32. The second-order valence-corrected chi connectivity index (χ2v) is 16.9. The summed E-state index contributed by atoms with van der Waals surface area (Å²) in [6.07, 6.45) is 0. The van der Waals surface area contributed by atoms with E-state index in [1.54, 1.807) is 0 Å². The maximum Gasteiger partial charge on any atom is 0.0987 e. The molecule has 0 bridgehead atoms. The Morgan fingerprint density at radius 2 is 1.41 bits per heavy atom. The van der Waals surface area contributed by atoms with Gasteiger partial charge in [-0.3, -0.25) is 4.99 Å². The molecular weight excluding hydrogens is 242 g/mol. The average molecular weight is 274 g/mol. The Bertz CT molecular complexity index is 267. The molecule has 0 spiro atoms. The van der Waals surface area contributed by atoms with E-state index < -0.39 is 21.4 Å². The zero-order valence-electron chi connectivity index (χ0n) is 13.0. The first-order chi connectivity index (χ1) is 7.62. The van der Waals surface area contributed by atoms with E-state index in [2.05, 4.69) is 45.4 Å². The van der Waals surface area contributed by atoms with Crippen molar-refractivity contribution >= 4 is 21.5 Å². The van der Waals surface area contributed by atoms with Gasteiger partial charge in [0, 0.05) is 12.4 Å². The highest BCUT2D eigenvalue weighted by molar-refractivity contribution is 7.09. The first-order valence-electron chi connectivity index (χ1n) is 6.83. The number of hydrogen-bond acceptors (Lipinski definition) is 2. The molecule has 1 atom stereocenters. The molecule has 0 aromatic heterocycles. The lowest BCUT2D eigenvalue weighted by molar-refractivity contribution is 0.205. The molecule has 0 saturated heterocycles. The third-order valence-electron chi connectivity index (χ3n) is 4.46. The van der Waals surface area contributed by atoms with E-state index in [4.69, 9.17) is 0 Å². The SMILES string of the molecule is CC[Si](CC)(CC)C(C)(O)C(=NC)[Si](C)(C)C. The van der Waals surface area contributed by atoms with Gasteiger partial charge in [0.05, 0.1) is 21.4 Å². The minimum Gasteiger partial charge on any atom is -0.388 e. The number of rotatable bonds is 6. The van der Waals surface area contributed by atoms with Gasteiger partial charge in [0.1, 0.15) is 0 Å². The monoisotopic (exact) mass is 273 g/mol. The Labute approximate surface area is 110 Å². The van der Waals surface area contributed by atoms with Crippen molar-refractivity contribution in [2.75, 3.05) is 7.05 Å². The van der Waals surface area contributed by atoms with E-state index in [0.29, 0.717) is 0 Å². The third-order valence-corrected chi connectivity index (χ3v) is 13.2. The summed E-state index contributed by atoms with van der Waals surface area (Å²) in [6, 6.07) is 3.41. The van der Waals surface area contributed by atoms with E-state index in [-0.39, 0.29) is 0 Å². The molecule has 0 saturated carbocycles. The van der Waals surface area contributed by atoms with Crippen LogP contribution in [-0.2, 0) is 0 Å². The van der Waals surface area contributed by atoms with Crippen LogP contribution in [0.1, 0.15) is 27.7 Å². The topological polar surface area (TPSA) is 32.6 Å². The number of aliphatic hydroxyl groups is 1. The smallest absolute Gasteiger partial charge is 0.0987 e. The van der Waals surface area contributed by atoms with Gasteiger partial charge in [-0.15, -0.1) is 0 Å². The Hall–Kier alpha value is 0.0638. The molecule has 1 unspecified atom stereocenters. The lowest BCUT2D eigenvalue weighted by Crippen LogP contribution is -2.65. The highest BCUT2D eigenvalue weighted by atomic mass is 28.3. The van der Waals surface area contributed by atoms with E-state index in [1.807, 2.05) is 14.0 Å². The summed E-state index contributed by atoms with van der Waals surface area (Å²) in [5.41, 5.74) is 0. The summed E-state index contributed by atoms with van der Waals surface area (Å²) in [4.78, 5) is 4.50. The minimum atomic E-state index is -1.68. The summed E-state index contributed by atoms with van der Waals surface area (Å²) in [6.45, 7) is 15.6. The van der Waals surface area contributed by atoms with Gasteiger partial charge in [0.15, 0.2) is 0 Å². The van der Waals surface area contributed by atoms with E-state index in [9.17, 15) is 5.11 Å². The first kappa shape index (κ1) is 17.1. The lowest BCUT2D eigenvalue weighted by atomic mass is 10.4. The van der Waals surface area contributed by atoms with Crippen LogP contribution < -0.4 is 0 Å². The maximum absolute atomic E-state index is 11.2. The number of aliphatic imine (C=N–C) groups is 1. The highest BCUT2D eigenvalue weighted by Crippen LogP contribution is 2.35. The Morgan fingerprint density at radius 3 is 1.59 bits per heavy atom. The van der Waals surface area contributed by atoms with Crippen molar-refractivity contribution in [2.24, 2.45) is 4.99 Å². The standard InChI is InChI=1S/C13H31NOSi2/c1-9-17(10-2,11-3)13(4,15)12(14-5)16(6,7)8/h15H,9-11H2,1-8H3. The maximum atomic E-state index is 11.2. The molecule has 0 aliphatic carbocycles. The summed E-state index contributed by atoms with van der Waals surface area (Å²) in [5, 5.41) is 11.7. The Kier molecular flexibility index (Phi) is 5.82. The molecule has 1 N–H and O–H groups in total. The molecule has 4 heteroatoms. The molecule has 0 amide bonds. The summed E-state index contributed by atoms with van der Waals surface area (Å²) in [7, 11) is -1.38. The molecular formula is C13H31NOSi2. The second kappa shape index (κ2) is 5.80. The summed E-state index contributed by atoms with van der Waals surface area (Å²) < 4.78 is 0. The lowest BCUT2D eigenvalue weighted by Gasteiger charge is -2.46. The normalized spacial score (nSPS) is 18.1. The van der Waals surface area contributed by atoms with E-state index >= 15 is 0 Å². The van der Waals surface area contributed by atoms with Crippen molar-refractivity contribution in [1.82, 2.24) is 0 Å². The highest BCUT2D eigenvalue weighted by Gasteiger charge is 2.51. The molecule has 17 heavy (non-hydrogen) atoms. The van der Waals surface area contributed by atoms with E-state index in [0.717, 1.165) is 23.5 Å². The minimum absolute atomic E-state index is 0.634. The van der Waals surface area contributed by atoms with Gasteiger partial charge in [-0.25, -0.2) is 0 Å². The molecule has 0 aliphatic rings. The average Bonchev–Trinajstić information content (AvgIpc) is 2.18. The summed E-state index contributed by atoms with van der Waals surface area (Å²) >= 11 is 0. The second-order valence-electron chi connectivity index (χ2n) is 6.24. The summed E-state index contributed by atoms with van der Waals surface area (Å²) in [5.74, 6) is 0. The van der Waals surface area contributed by atoms with Gasteiger partial charge in [0.25, 0.3) is 0 Å². The fraction of sp³-hybridized carbons (Fsp3) is 0.923. The molecule has 0 aromatic carbocycles. The van der Waals surface area contributed by atoms with Crippen molar-refractivity contribution in [3.8, 4) is 0 Å². The largest absolute Gasteiger partial charge is 0.388 e. The van der Waals surface area contributed by atoms with Crippen LogP contribution >= 0.6 is 0 Å². The van der Waals surface area contributed by atoms with Crippen molar-refractivity contribution < 1.29 is 5.11 Å². The quantitative estimate of drug-likeness (QED) is 0.580. The van der Waals surface area contributed by atoms with Crippen LogP contribution in [0.15, 0.2) is 4.99 Å². The molecule has 2 nitrogen and oxygen atoms in total. The van der Waals surface area contributed by atoms with Gasteiger partial charge in [-0.1, -0.05) is 58.5 Å². The van der Waals surface area contributed by atoms with Crippen molar-refractivity contribution in [3.05, 3.63) is 0 Å². The molecule has 0 radical (unpaired) electrons. The number of hydrogen-bond donors (Lipinski definition) is 1. The van der Waals surface area contributed by atoms with Gasteiger partial charge < -0.3 is 5.11 Å². The predicted octanol–water partition coefficient (Wildman–Crippen LogP) is 3.73. The molecule has 0 rings (SSSR count). The Balaban J connectivity index is 5.65. The van der Waals surface area contributed by atoms with E-state index in [1.165, 1.54) is 0 Å². The molecule has 102 valence electrons. The zero-order chi connectivity index (χ0) is 13.9. The van der Waals surface area contributed by atoms with Crippen LogP contribution in [0.2, 0.25) is 37.8 Å². The Morgan fingerprint density at radius 1 is 1.06 bits per heavy atom. The third kappa shape index (κ3) is 3.09. The van der Waals surface area contributed by atoms with Gasteiger partial charge in [-0.05, 0) is 6.92 Å². The van der Waals surface area contributed by atoms with Gasteiger partial charge in [0.2, 0.25) is 0 Å². The van der Waals surface area contributed by atoms with Crippen LogP contribution in [0.25, 0.3) is 0 Å². The van der Waals surface area contributed by atoms with Crippen LogP contribution in [-0.4, -0.2) is 38.9 Å². The predicted molar refractivity (Wildman–Crippen MR) is 84.5 cm³/mol. The molecule has 0 aromatic rings. The molecule has 0 fully saturated rings. The first-order valence-corrected chi connectivity index (χ1v) is 12.9. The van der Waals surface area contributed by atoms with Gasteiger partial charge in [-0.2, -0.15) is 0 Å².